The number of ether oxygens (including phenoxy) is 1. The van der Waals surface area contributed by atoms with Crippen molar-refractivity contribution in [3.05, 3.63) is 64.2 Å². The zero-order valence-electron chi connectivity index (χ0n) is 12.8. The van der Waals surface area contributed by atoms with E-state index < -0.39 is 0 Å². The van der Waals surface area contributed by atoms with Crippen LogP contribution in [0.25, 0.3) is 0 Å². The SMILES string of the molecule is CCCNC(c1cc(C)cc(Cl)c1)c1ccccc1OC. The molecule has 112 valence electrons. The maximum Gasteiger partial charge on any atom is 0.123 e. The Bertz CT molecular complexity index is 577. The molecule has 0 spiro atoms. The first-order valence-corrected chi connectivity index (χ1v) is 7.67. The van der Waals surface area contributed by atoms with Gasteiger partial charge in [0.15, 0.2) is 0 Å². The summed E-state index contributed by atoms with van der Waals surface area (Å²) in [5.74, 6) is 0.892. The Kier molecular flexibility index (Phi) is 5.66. The highest BCUT2D eigenvalue weighted by molar-refractivity contribution is 6.30. The van der Waals surface area contributed by atoms with Gasteiger partial charge in [0.2, 0.25) is 0 Å². The molecule has 2 nitrogen and oxygen atoms in total. The second kappa shape index (κ2) is 7.48. The highest BCUT2D eigenvalue weighted by Crippen LogP contribution is 2.31. The van der Waals surface area contributed by atoms with Crippen LogP contribution < -0.4 is 10.1 Å². The molecule has 2 aromatic rings. The number of nitrogens with one attached hydrogen (secondary N) is 1. The molecule has 0 amide bonds. The lowest BCUT2D eigenvalue weighted by Crippen LogP contribution is -2.23. The minimum atomic E-state index is 0.0819. The highest BCUT2D eigenvalue weighted by atomic mass is 35.5. The van der Waals surface area contributed by atoms with E-state index in [2.05, 4.69) is 31.3 Å². The van der Waals surface area contributed by atoms with E-state index in [0.29, 0.717) is 0 Å². The summed E-state index contributed by atoms with van der Waals surface area (Å²) in [7, 11) is 1.71. The highest BCUT2D eigenvalue weighted by Gasteiger charge is 2.18. The van der Waals surface area contributed by atoms with Gasteiger partial charge in [-0.05, 0) is 49.2 Å². The van der Waals surface area contributed by atoms with E-state index in [1.54, 1.807) is 7.11 Å². The molecule has 3 heteroatoms. The van der Waals surface area contributed by atoms with Gasteiger partial charge in [0.05, 0.1) is 13.2 Å². The molecular formula is C18H22ClNO. The van der Waals surface area contributed by atoms with Crippen LogP contribution >= 0.6 is 11.6 Å². The summed E-state index contributed by atoms with van der Waals surface area (Å²) in [6, 6.07) is 14.4. The zero-order chi connectivity index (χ0) is 15.2. The van der Waals surface area contributed by atoms with Crippen LogP contribution in [0.3, 0.4) is 0 Å². The van der Waals surface area contributed by atoms with E-state index in [9.17, 15) is 0 Å². The third-order valence-corrected chi connectivity index (χ3v) is 3.66. The predicted octanol–water partition coefficient (Wildman–Crippen LogP) is 4.75. The number of para-hydroxylation sites is 1. The second-order valence-corrected chi connectivity index (χ2v) is 5.63. The average Bonchev–Trinajstić information content (AvgIpc) is 2.47. The molecule has 0 aromatic heterocycles. The van der Waals surface area contributed by atoms with E-state index in [-0.39, 0.29) is 6.04 Å². The number of aryl methyl sites for hydroxylation is 1. The van der Waals surface area contributed by atoms with Crippen molar-refractivity contribution in [2.24, 2.45) is 0 Å². The number of rotatable bonds is 6. The maximum absolute atomic E-state index is 6.23. The first kappa shape index (κ1) is 15.9. The van der Waals surface area contributed by atoms with E-state index in [0.717, 1.165) is 40.4 Å². The molecular weight excluding hydrogens is 282 g/mol. The average molecular weight is 304 g/mol. The van der Waals surface area contributed by atoms with Crippen molar-refractivity contribution < 1.29 is 4.74 Å². The molecule has 1 unspecified atom stereocenters. The quantitative estimate of drug-likeness (QED) is 0.832. The molecule has 0 fully saturated rings. The third kappa shape index (κ3) is 3.99. The van der Waals surface area contributed by atoms with E-state index in [1.165, 1.54) is 0 Å². The topological polar surface area (TPSA) is 21.3 Å². The second-order valence-electron chi connectivity index (χ2n) is 5.19. The minimum Gasteiger partial charge on any atom is -0.496 e. The van der Waals surface area contributed by atoms with Gasteiger partial charge in [0, 0.05) is 10.6 Å². The maximum atomic E-state index is 6.23. The van der Waals surface area contributed by atoms with Crippen LogP contribution in [0.15, 0.2) is 42.5 Å². The van der Waals surface area contributed by atoms with Crippen LogP contribution in [0.1, 0.15) is 36.1 Å². The molecule has 0 bridgehead atoms. The fraction of sp³-hybridized carbons (Fsp3) is 0.333. The lowest BCUT2D eigenvalue weighted by molar-refractivity contribution is 0.404. The molecule has 0 heterocycles. The molecule has 0 aliphatic rings. The van der Waals surface area contributed by atoms with Gasteiger partial charge in [0.1, 0.15) is 5.75 Å². The first-order chi connectivity index (χ1) is 10.2. The van der Waals surface area contributed by atoms with Crippen LogP contribution in [0.5, 0.6) is 5.75 Å². The van der Waals surface area contributed by atoms with Crippen molar-refractivity contribution in [1.82, 2.24) is 5.32 Å². The first-order valence-electron chi connectivity index (χ1n) is 7.29. The zero-order valence-corrected chi connectivity index (χ0v) is 13.6. The fourth-order valence-corrected chi connectivity index (χ4v) is 2.83. The molecule has 0 saturated heterocycles. The normalized spacial score (nSPS) is 12.2. The Morgan fingerprint density at radius 2 is 1.95 bits per heavy atom. The van der Waals surface area contributed by atoms with E-state index in [4.69, 9.17) is 16.3 Å². The number of hydrogen-bond donors (Lipinski definition) is 1. The lowest BCUT2D eigenvalue weighted by atomic mass is 9.96. The van der Waals surface area contributed by atoms with Gasteiger partial charge in [-0.2, -0.15) is 0 Å². The molecule has 2 rings (SSSR count). The third-order valence-electron chi connectivity index (χ3n) is 3.45. The van der Waals surface area contributed by atoms with Crippen molar-refractivity contribution in [3.63, 3.8) is 0 Å². The van der Waals surface area contributed by atoms with Gasteiger partial charge in [-0.1, -0.05) is 42.8 Å². The van der Waals surface area contributed by atoms with Crippen LogP contribution in [0, 0.1) is 6.92 Å². The molecule has 1 N–H and O–H groups in total. The summed E-state index contributed by atoms with van der Waals surface area (Å²) in [6.45, 7) is 5.16. The summed E-state index contributed by atoms with van der Waals surface area (Å²) >= 11 is 6.23. The van der Waals surface area contributed by atoms with Crippen LogP contribution in [0.4, 0.5) is 0 Å². The van der Waals surface area contributed by atoms with Crippen molar-refractivity contribution in [3.8, 4) is 5.75 Å². The van der Waals surface area contributed by atoms with Crippen LogP contribution in [0.2, 0.25) is 5.02 Å². The number of hydrogen-bond acceptors (Lipinski definition) is 2. The van der Waals surface area contributed by atoms with Crippen LogP contribution in [-0.2, 0) is 0 Å². The predicted molar refractivity (Wildman–Crippen MR) is 89.3 cm³/mol. The van der Waals surface area contributed by atoms with Gasteiger partial charge in [0.25, 0.3) is 0 Å². The largest absolute Gasteiger partial charge is 0.496 e. The fourth-order valence-electron chi connectivity index (χ4n) is 2.53. The smallest absolute Gasteiger partial charge is 0.123 e. The molecule has 0 radical (unpaired) electrons. The van der Waals surface area contributed by atoms with Gasteiger partial charge in [-0.25, -0.2) is 0 Å². The van der Waals surface area contributed by atoms with Gasteiger partial charge in [-0.15, -0.1) is 0 Å². The monoisotopic (exact) mass is 303 g/mol. The Hall–Kier alpha value is -1.51. The summed E-state index contributed by atoms with van der Waals surface area (Å²) in [5, 5.41) is 4.36. The van der Waals surface area contributed by atoms with E-state index in [1.807, 2.05) is 30.3 Å². The standard InChI is InChI=1S/C18H22ClNO/c1-4-9-20-18(14-10-13(2)11-15(19)12-14)16-7-5-6-8-17(16)21-3/h5-8,10-12,18,20H,4,9H2,1-3H3. The molecule has 2 aromatic carbocycles. The molecule has 21 heavy (non-hydrogen) atoms. The molecule has 1 atom stereocenters. The van der Waals surface area contributed by atoms with Gasteiger partial charge in [-0.3, -0.25) is 0 Å². The summed E-state index contributed by atoms with van der Waals surface area (Å²) in [6.07, 6.45) is 1.07. The molecule has 0 saturated carbocycles. The van der Waals surface area contributed by atoms with Gasteiger partial charge < -0.3 is 10.1 Å². The number of methoxy groups -OCH3 is 1. The summed E-state index contributed by atoms with van der Waals surface area (Å²) < 4.78 is 5.52. The van der Waals surface area contributed by atoms with Crippen molar-refractivity contribution >= 4 is 11.6 Å². The lowest BCUT2D eigenvalue weighted by Gasteiger charge is -2.22. The Morgan fingerprint density at radius 3 is 2.62 bits per heavy atom. The minimum absolute atomic E-state index is 0.0819. The summed E-state index contributed by atoms with van der Waals surface area (Å²) in [5.41, 5.74) is 3.46. The van der Waals surface area contributed by atoms with Crippen LogP contribution in [-0.4, -0.2) is 13.7 Å². The Balaban J connectivity index is 2.46. The number of benzene rings is 2. The van der Waals surface area contributed by atoms with Crippen molar-refractivity contribution in [2.45, 2.75) is 26.3 Å². The Morgan fingerprint density at radius 1 is 1.19 bits per heavy atom. The van der Waals surface area contributed by atoms with Gasteiger partial charge >= 0.3 is 0 Å². The summed E-state index contributed by atoms with van der Waals surface area (Å²) in [4.78, 5) is 0. The number of halogens is 1. The van der Waals surface area contributed by atoms with Crippen molar-refractivity contribution in [2.75, 3.05) is 13.7 Å². The Labute approximate surface area is 132 Å². The van der Waals surface area contributed by atoms with Crippen molar-refractivity contribution in [1.29, 1.82) is 0 Å². The molecule has 0 aliphatic heterocycles. The van der Waals surface area contributed by atoms with E-state index >= 15 is 0 Å². The molecule has 0 aliphatic carbocycles.